The molecule has 0 saturated carbocycles. The van der Waals surface area contributed by atoms with Crippen LogP contribution in [0.2, 0.25) is 0 Å². The van der Waals surface area contributed by atoms with Crippen LogP contribution in [0.3, 0.4) is 0 Å². The highest BCUT2D eigenvalue weighted by Gasteiger charge is 2.20. The van der Waals surface area contributed by atoms with Crippen molar-refractivity contribution in [1.29, 1.82) is 0 Å². The van der Waals surface area contributed by atoms with E-state index in [0.29, 0.717) is 0 Å². The molecule has 0 saturated heterocycles. The van der Waals surface area contributed by atoms with Gasteiger partial charge in [0.05, 0.1) is 11.0 Å². The van der Waals surface area contributed by atoms with Crippen LogP contribution < -0.4 is 4.90 Å². The molecule has 0 amide bonds. The summed E-state index contributed by atoms with van der Waals surface area (Å²) in [6, 6.07) is 56.6. The third kappa shape index (κ3) is 4.51. The summed E-state index contributed by atoms with van der Waals surface area (Å²) in [5.41, 5.74) is 11.3. The number of rotatable bonds is 5. The van der Waals surface area contributed by atoms with Gasteiger partial charge in [-0.15, -0.1) is 0 Å². The van der Waals surface area contributed by atoms with Crippen molar-refractivity contribution >= 4 is 71.5 Å². The van der Waals surface area contributed by atoms with Gasteiger partial charge in [-0.05, 0) is 84.0 Å². The quantitative estimate of drug-likeness (QED) is 0.189. The maximum Gasteiger partial charge on any atom is 0.137 e. The number of para-hydroxylation sites is 2. The minimum Gasteiger partial charge on any atom is -0.456 e. The number of anilines is 2. The lowest BCUT2D eigenvalue weighted by molar-refractivity contribution is 0.669. The Morgan fingerprint density at radius 3 is 2.10 bits per heavy atom. The second-order valence-corrected chi connectivity index (χ2v) is 12.9. The first-order valence-electron chi connectivity index (χ1n) is 17.0. The highest BCUT2D eigenvalue weighted by molar-refractivity contribution is 6.18. The summed E-state index contributed by atoms with van der Waals surface area (Å²) >= 11 is 0. The van der Waals surface area contributed by atoms with E-state index in [1.165, 1.54) is 43.7 Å². The lowest BCUT2D eigenvalue weighted by atomic mass is 9.95. The van der Waals surface area contributed by atoms with Crippen LogP contribution in [0.1, 0.15) is 18.4 Å². The fourth-order valence-electron chi connectivity index (χ4n) is 7.77. The predicted octanol–water partition coefficient (Wildman–Crippen LogP) is 12.7. The largest absolute Gasteiger partial charge is 0.456 e. The maximum absolute atomic E-state index is 6.38. The highest BCUT2D eigenvalue weighted by Crippen LogP contribution is 2.41. The molecule has 0 aliphatic heterocycles. The number of fused-ring (bicyclic) bond motifs is 8. The summed E-state index contributed by atoms with van der Waals surface area (Å²) in [5.74, 6) is 0. The van der Waals surface area contributed by atoms with Crippen LogP contribution in [-0.2, 0) is 0 Å². The normalized spacial score (nSPS) is 13.4. The molecule has 232 valence electrons. The summed E-state index contributed by atoms with van der Waals surface area (Å²) in [6.07, 6.45) is 6.72. The zero-order chi connectivity index (χ0) is 32.3. The molecule has 3 nitrogen and oxygen atoms in total. The molecule has 0 bridgehead atoms. The van der Waals surface area contributed by atoms with Crippen LogP contribution in [0.5, 0.6) is 0 Å². The van der Waals surface area contributed by atoms with E-state index in [0.717, 1.165) is 57.5 Å². The zero-order valence-electron chi connectivity index (χ0n) is 26.9. The maximum atomic E-state index is 6.38. The van der Waals surface area contributed by atoms with Crippen LogP contribution in [0.15, 0.2) is 180 Å². The number of hydrogen-bond donors (Lipinski definition) is 0. The van der Waals surface area contributed by atoms with E-state index in [1.54, 1.807) is 0 Å². The van der Waals surface area contributed by atoms with Crippen molar-refractivity contribution in [3.63, 3.8) is 0 Å². The smallest absolute Gasteiger partial charge is 0.137 e. The van der Waals surface area contributed by atoms with Crippen molar-refractivity contribution in [2.75, 3.05) is 4.90 Å². The molecule has 0 radical (unpaired) electrons. The van der Waals surface area contributed by atoms with E-state index in [9.17, 15) is 0 Å². The minimum atomic E-state index is 0.890. The van der Waals surface area contributed by atoms with Gasteiger partial charge >= 0.3 is 0 Å². The second kappa shape index (κ2) is 11.1. The fourth-order valence-corrected chi connectivity index (χ4v) is 7.77. The monoisotopic (exact) mass is 628 g/mol. The van der Waals surface area contributed by atoms with Crippen LogP contribution in [0.4, 0.5) is 11.4 Å². The summed E-state index contributed by atoms with van der Waals surface area (Å²) in [6.45, 7) is 0. The Bertz CT molecular complexity index is 2760. The van der Waals surface area contributed by atoms with Gasteiger partial charge in [0.25, 0.3) is 0 Å². The van der Waals surface area contributed by atoms with Gasteiger partial charge in [0.2, 0.25) is 0 Å². The number of aromatic nitrogens is 1. The van der Waals surface area contributed by atoms with Gasteiger partial charge in [0, 0.05) is 55.8 Å². The minimum absolute atomic E-state index is 0.890. The van der Waals surface area contributed by atoms with Gasteiger partial charge < -0.3 is 13.9 Å². The van der Waals surface area contributed by atoms with Crippen LogP contribution in [-0.4, -0.2) is 4.57 Å². The molecule has 7 aromatic carbocycles. The van der Waals surface area contributed by atoms with Crippen molar-refractivity contribution in [1.82, 2.24) is 4.57 Å². The van der Waals surface area contributed by atoms with Crippen molar-refractivity contribution in [3.05, 3.63) is 181 Å². The van der Waals surface area contributed by atoms with Gasteiger partial charge in [-0.1, -0.05) is 109 Å². The van der Waals surface area contributed by atoms with E-state index < -0.39 is 0 Å². The lowest BCUT2D eigenvalue weighted by Crippen LogP contribution is -2.17. The average molecular weight is 629 g/mol. The predicted molar refractivity (Wildman–Crippen MR) is 206 cm³/mol. The molecular formula is C46H32N2O. The molecule has 1 aliphatic rings. The molecule has 0 N–H and O–H groups in total. The number of allylic oxidation sites excluding steroid dienone is 3. The summed E-state index contributed by atoms with van der Waals surface area (Å²) in [7, 11) is 0. The SMILES string of the molecule is C1=C(c2ccccc2)CCC=C1N(c1ccc(-n2c3ccccc3c3ccc4ccccc4c32)cc1)c1ccc2c(c1)oc1ccccc12. The second-order valence-electron chi connectivity index (χ2n) is 12.9. The Labute approximate surface area is 284 Å². The molecule has 0 spiro atoms. The molecule has 2 aromatic heterocycles. The van der Waals surface area contributed by atoms with E-state index in [1.807, 2.05) is 12.1 Å². The number of furan rings is 1. The Hall–Kier alpha value is -6.32. The first-order valence-corrected chi connectivity index (χ1v) is 17.0. The standard InChI is InChI=1S/C46H32N2O/c1-2-11-31(12-3-1)33-14-10-15-36(29-33)47(37-26-28-41-40-18-7-9-20-44(40)49-45(41)30-37)34-22-24-35(25-23-34)48-43-19-8-6-17-39(43)42-27-21-32-13-4-5-16-38(32)46(42)48/h1-9,11-13,15-30H,10,14H2. The molecular weight excluding hydrogens is 597 g/mol. The Balaban J connectivity index is 1.15. The first-order chi connectivity index (χ1) is 24.3. The Morgan fingerprint density at radius 1 is 0.531 bits per heavy atom. The van der Waals surface area contributed by atoms with Crippen LogP contribution in [0, 0.1) is 0 Å². The van der Waals surface area contributed by atoms with Crippen molar-refractivity contribution in [2.24, 2.45) is 0 Å². The molecule has 49 heavy (non-hydrogen) atoms. The summed E-state index contributed by atoms with van der Waals surface area (Å²) in [4.78, 5) is 2.37. The van der Waals surface area contributed by atoms with E-state index in [4.69, 9.17) is 4.42 Å². The molecule has 3 heteroatoms. The number of benzene rings is 7. The lowest BCUT2D eigenvalue weighted by Gasteiger charge is -2.29. The summed E-state index contributed by atoms with van der Waals surface area (Å²) in [5, 5.41) is 7.30. The van der Waals surface area contributed by atoms with Gasteiger partial charge in [-0.25, -0.2) is 0 Å². The zero-order valence-corrected chi connectivity index (χ0v) is 26.9. The fraction of sp³-hybridized carbons (Fsp3) is 0.0435. The molecule has 0 atom stereocenters. The van der Waals surface area contributed by atoms with Crippen LogP contribution in [0.25, 0.3) is 65.8 Å². The van der Waals surface area contributed by atoms with Crippen molar-refractivity contribution in [3.8, 4) is 5.69 Å². The Kier molecular flexibility index (Phi) is 6.31. The third-order valence-corrected chi connectivity index (χ3v) is 10.0. The van der Waals surface area contributed by atoms with Crippen LogP contribution >= 0.6 is 0 Å². The van der Waals surface area contributed by atoms with Gasteiger partial charge in [0.1, 0.15) is 11.2 Å². The number of hydrogen-bond acceptors (Lipinski definition) is 2. The van der Waals surface area contributed by atoms with Gasteiger partial charge in [-0.3, -0.25) is 0 Å². The highest BCUT2D eigenvalue weighted by atomic mass is 16.3. The molecule has 0 fully saturated rings. The Morgan fingerprint density at radius 2 is 1.22 bits per heavy atom. The number of nitrogens with zero attached hydrogens (tertiary/aromatic N) is 2. The van der Waals surface area contributed by atoms with E-state index >= 15 is 0 Å². The third-order valence-electron chi connectivity index (χ3n) is 10.0. The van der Waals surface area contributed by atoms with Crippen molar-refractivity contribution < 1.29 is 4.42 Å². The molecule has 9 aromatic rings. The van der Waals surface area contributed by atoms with Crippen molar-refractivity contribution in [2.45, 2.75) is 12.8 Å². The molecule has 2 heterocycles. The van der Waals surface area contributed by atoms with E-state index in [-0.39, 0.29) is 0 Å². The summed E-state index contributed by atoms with van der Waals surface area (Å²) < 4.78 is 8.80. The first kappa shape index (κ1) is 27.8. The molecule has 10 rings (SSSR count). The van der Waals surface area contributed by atoms with Gasteiger partial charge in [0.15, 0.2) is 0 Å². The van der Waals surface area contributed by atoms with E-state index in [2.05, 4.69) is 167 Å². The van der Waals surface area contributed by atoms with Gasteiger partial charge in [-0.2, -0.15) is 0 Å². The molecule has 1 aliphatic carbocycles. The topological polar surface area (TPSA) is 21.3 Å². The molecule has 0 unspecified atom stereocenters. The average Bonchev–Trinajstić information content (AvgIpc) is 3.71.